The standard InChI is InChI=1S/C23H37N5O4S/c1-2-26-11-5-6-19(26)17-24-18-23(29)25-21-16-20(7-8-22(21)27-9-3-4-10-27)33(30,31)28-12-14-32-15-13-28/h7-8,16,19,24H,2-6,9-15,17-18H2,1H3,(H,25,29)/t19-/m1/s1. The van der Waals surface area contributed by atoms with Gasteiger partial charge < -0.3 is 20.3 Å². The third-order valence-electron chi connectivity index (χ3n) is 6.87. The molecule has 3 fully saturated rings. The highest BCUT2D eigenvalue weighted by atomic mass is 32.2. The number of morpholine rings is 1. The summed E-state index contributed by atoms with van der Waals surface area (Å²) in [6, 6.07) is 5.59. The van der Waals surface area contributed by atoms with Crippen LogP contribution in [-0.4, -0.2) is 95.1 Å². The number of carbonyl (C=O) groups is 1. The van der Waals surface area contributed by atoms with Crippen LogP contribution in [0, 0.1) is 0 Å². The van der Waals surface area contributed by atoms with E-state index in [1.165, 1.54) is 10.7 Å². The fraction of sp³-hybridized carbons (Fsp3) is 0.696. The third kappa shape index (κ3) is 5.86. The molecule has 1 aromatic rings. The zero-order valence-corrected chi connectivity index (χ0v) is 20.4. The van der Waals surface area contributed by atoms with Gasteiger partial charge in [0, 0.05) is 38.8 Å². The SMILES string of the molecule is CCN1CCC[C@@H]1CNCC(=O)Nc1cc(S(=O)(=O)N2CCOCC2)ccc1N1CCCC1. The number of nitrogens with zero attached hydrogens (tertiary/aromatic N) is 3. The van der Waals surface area contributed by atoms with Gasteiger partial charge in [0.15, 0.2) is 0 Å². The molecule has 0 aliphatic carbocycles. The van der Waals surface area contributed by atoms with E-state index in [1.54, 1.807) is 12.1 Å². The van der Waals surface area contributed by atoms with Crippen molar-refractivity contribution in [2.24, 2.45) is 0 Å². The molecule has 0 bridgehead atoms. The minimum absolute atomic E-state index is 0.155. The molecule has 9 nitrogen and oxygen atoms in total. The highest BCUT2D eigenvalue weighted by Crippen LogP contribution is 2.32. The predicted octanol–water partition coefficient (Wildman–Crippen LogP) is 1.32. The van der Waals surface area contributed by atoms with Crippen molar-refractivity contribution in [3.63, 3.8) is 0 Å². The molecule has 3 aliphatic heterocycles. The number of ether oxygens (including phenoxy) is 1. The van der Waals surface area contributed by atoms with Crippen molar-refractivity contribution >= 4 is 27.3 Å². The van der Waals surface area contributed by atoms with Crippen LogP contribution in [0.4, 0.5) is 11.4 Å². The van der Waals surface area contributed by atoms with Crippen molar-refractivity contribution in [2.75, 3.05) is 75.8 Å². The van der Waals surface area contributed by atoms with Gasteiger partial charge in [0.2, 0.25) is 15.9 Å². The van der Waals surface area contributed by atoms with Gasteiger partial charge >= 0.3 is 0 Å². The smallest absolute Gasteiger partial charge is 0.243 e. The first-order valence-corrected chi connectivity index (χ1v) is 13.6. The molecule has 0 radical (unpaired) electrons. The summed E-state index contributed by atoms with van der Waals surface area (Å²) in [6.45, 7) is 8.61. The van der Waals surface area contributed by atoms with Gasteiger partial charge in [-0.15, -0.1) is 0 Å². The molecule has 1 atom stereocenters. The van der Waals surface area contributed by atoms with Crippen LogP contribution in [0.2, 0.25) is 0 Å². The minimum atomic E-state index is -3.64. The van der Waals surface area contributed by atoms with Gasteiger partial charge in [0.1, 0.15) is 0 Å². The van der Waals surface area contributed by atoms with Crippen molar-refractivity contribution in [1.29, 1.82) is 0 Å². The molecule has 10 heteroatoms. The number of likely N-dealkylation sites (N-methyl/N-ethyl adjacent to an activating group) is 1. The second-order valence-corrected chi connectivity index (χ2v) is 10.9. The Morgan fingerprint density at radius 1 is 1.09 bits per heavy atom. The van der Waals surface area contributed by atoms with E-state index >= 15 is 0 Å². The first-order valence-electron chi connectivity index (χ1n) is 12.2. The second kappa shape index (κ2) is 11.1. The summed E-state index contributed by atoms with van der Waals surface area (Å²) >= 11 is 0. The van der Waals surface area contributed by atoms with E-state index in [2.05, 4.69) is 27.4 Å². The van der Waals surface area contributed by atoms with Gasteiger partial charge in [0.25, 0.3) is 0 Å². The van der Waals surface area contributed by atoms with Gasteiger partial charge in [0.05, 0.1) is 36.0 Å². The van der Waals surface area contributed by atoms with E-state index in [-0.39, 0.29) is 17.3 Å². The molecule has 2 N–H and O–H groups in total. The van der Waals surface area contributed by atoms with Gasteiger partial charge in [-0.25, -0.2) is 8.42 Å². The number of benzene rings is 1. The summed E-state index contributed by atoms with van der Waals surface area (Å²) in [4.78, 5) is 17.6. The van der Waals surface area contributed by atoms with Crippen molar-refractivity contribution < 1.29 is 17.9 Å². The van der Waals surface area contributed by atoms with Crippen molar-refractivity contribution in [1.82, 2.24) is 14.5 Å². The molecule has 3 aliphatic rings. The molecule has 3 heterocycles. The molecule has 4 rings (SSSR count). The number of amides is 1. The zero-order chi connectivity index (χ0) is 23.3. The van der Waals surface area contributed by atoms with E-state index in [4.69, 9.17) is 4.74 Å². The fourth-order valence-corrected chi connectivity index (χ4v) is 6.47. The summed E-state index contributed by atoms with van der Waals surface area (Å²) in [6.07, 6.45) is 4.55. The van der Waals surface area contributed by atoms with Crippen LogP contribution >= 0.6 is 0 Å². The Morgan fingerprint density at radius 2 is 1.85 bits per heavy atom. The largest absolute Gasteiger partial charge is 0.379 e. The van der Waals surface area contributed by atoms with E-state index in [0.29, 0.717) is 38.0 Å². The highest BCUT2D eigenvalue weighted by Gasteiger charge is 2.28. The third-order valence-corrected chi connectivity index (χ3v) is 8.76. The van der Waals surface area contributed by atoms with Gasteiger partial charge in [-0.3, -0.25) is 9.69 Å². The molecule has 0 spiro atoms. The average molecular weight is 480 g/mol. The summed E-state index contributed by atoms with van der Waals surface area (Å²) in [5.74, 6) is -0.155. The molecule has 1 aromatic carbocycles. The summed E-state index contributed by atoms with van der Waals surface area (Å²) in [5.41, 5.74) is 1.45. The molecule has 0 unspecified atom stereocenters. The Hall–Kier alpha value is -1.72. The van der Waals surface area contributed by atoms with Gasteiger partial charge in [-0.05, 0) is 57.0 Å². The average Bonchev–Trinajstić information content (AvgIpc) is 3.52. The number of nitrogens with one attached hydrogen (secondary N) is 2. The van der Waals surface area contributed by atoms with E-state index < -0.39 is 10.0 Å². The van der Waals surface area contributed by atoms with E-state index in [0.717, 1.165) is 57.7 Å². The lowest BCUT2D eigenvalue weighted by Gasteiger charge is -2.27. The van der Waals surface area contributed by atoms with Crippen molar-refractivity contribution in [3.8, 4) is 0 Å². The van der Waals surface area contributed by atoms with Crippen LogP contribution in [0.3, 0.4) is 0 Å². The Labute approximate surface area is 197 Å². The van der Waals surface area contributed by atoms with E-state index in [9.17, 15) is 13.2 Å². The number of hydrogen-bond acceptors (Lipinski definition) is 7. The normalized spacial score (nSPS) is 22.7. The Bertz CT molecular complexity index is 913. The summed E-state index contributed by atoms with van der Waals surface area (Å²) < 4.78 is 33.1. The maximum Gasteiger partial charge on any atom is 0.243 e. The Balaban J connectivity index is 1.46. The highest BCUT2D eigenvalue weighted by molar-refractivity contribution is 7.89. The monoisotopic (exact) mass is 479 g/mol. The number of hydrogen-bond donors (Lipinski definition) is 2. The van der Waals surface area contributed by atoms with Crippen LogP contribution in [-0.2, 0) is 19.6 Å². The van der Waals surface area contributed by atoms with Gasteiger partial charge in [-0.1, -0.05) is 6.92 Å². The molecule has 3 saturated heterocycles. The number of sulfonamides is 1. The van der Waals surface area contributed by atoms with Crippen LogP contribution in [0.25, 0.3) is 0 Å². The Morgan fingerprint density at radius 3 is 2.58 bits per heavy atom. The molecular weight excluding hydrogens is 442 g/mol. The molecule has 0 aromatic heterocycles. The fourth-order valence-electron chi connectivity index (χ4n) is 5.03. The Kier molecular flexibility index (Phi) is 8.24. The number of likely N-dealkylation sites (tertiary alicyclic amines) is 1. The maximum atomic E-state index is 13.2. The molecule has 184 valence electrons. The van der Waals surface area contributed by atoms with Crippen LogP contribution < -0.4 is 15.5 Å². The number of rotatable bonds is 9. The molecular formula is C23H37N5O4S. The molecule has 33 heavy (non-hydrogen) atoms. The minimum Gasteiger partial charge on any atom is -0.379 e. The first kappa shape index (κ1) is 24.4. The van der Waals surface area contributed by atoms with Crippen molar-refractivity contribution in [2.45, 2.75) is 43.5 Å². The second-order valence-electron chi connectivity index (χ2n) is 8.99. The number of carbonyl (C=O) groups excluding carboxylic acids is 1. The lowest BCUT2D eigenvalue weighted by atomic mass is 10.2. The maximum absolute atomic E-state index is 13.2. The van der Waals surface area contributed by atoms with Crippen molar-refractivity contribution in [3.05, 3.63) is 18.2 Å². The molecule has 0 saturated carbocycles. The van der Waals surface area contributed by atoms with E-state index in [1.807, 2.05) is 6.07 Å². The summed E-state index contributed by atoms with van der Waals surface area (Å²) in [5, 5.41) is 6.28. The number of anilines is 2. The predicted molar refractivity (Wildman–Crippen MR) is 129 cm³/mol. The van der Waals surface area contributed by atoms with Gasteiger partial charge in [-0.2, -0.15) is 4.31 Å². The lowest BCUT2D eigenvalue weighted by molar-refractivity contribution is -0.115. The van der Waals surface area contributed by atoms with Crippen LogP contribution in [0.15, 0.2) is 23.1 Å². The first-order chi connectivity index (χ1) is 16.0. The summed E-state index contributed by atoms with van der Waals surface area (Å²) in [7, 11) is -3.64. The zero-order valence-electron chi connectivity index (χ0n) is 19.6. The quantitative estimate of drug-likeness (QED) is 0.552. The topological polar surface area (TPSA) is 94.2 Å². The molecule has 1 amide bonds. The van der Waals surface area contributed by atoms with Crippen LogP contribution in [0.5, 0.6) is 0 Å². The van der Waals surface area contributed by atoms with Crippen LogP contribution in [0.1, 0.15) is 32.6 Å². The lowest BCUT2D eigenvalue weighted by Crippen LogP contribution is -2.41.